The molecule has 0 fully saturated rings. The number of aromatic nitrogens is 2. The van der Waals surface area contributed by atoms with Crippen molar-refractivity contribution in [2.75, 3.05) is 5.32 Å². The molecule has 0 aliphatic heterocycles. The monoisotopic (exact) mass is 467 g/mol. The molecule has 1 atom stereocenters. The van der Waals surface area contributed by atoms with Crippen molar-refractivity contribution in [2.45, 2.75) is 26.0 Å². The third-order valence-corrected chi connectivity index (χ3v) is 5.27. The second kappa shape index (κ2) is 9.47. The Hall–Kier alpha value is -2.61. The topological polar surface area (TPSA) is 90.3 Å². The number of aryl methyl sites for hydroxylation is 1. The molecule has 1 N–H and O–H groups in total. The molecule has 1 unspecified atom stereocenters. The van der Waals surface area contributed by atoms with Crippen LogP contribution < -0.4 is 10.9 Å². The Balaban J connectivity index is 1.58. The van der Waals surface area contributed by atoms with Gasteiger partial charge in [0.2, 0.25) is 0 Å². The van der Waals surface area contributed by atoms with Gasteiger partial charge in [-0.1, -0.05) is 46.9 Å². The molecular weight excluding hydrogens is 453 g/mol. The van der Waals surface area contributed by atoms with E-state index in [1.807, 2.05) is 0 Å². The highest BCUT2D eigenvalue weighted by molar-refractivity contribution is 6.44. The number of carbonyl (C=O) groups is 2. The zero-order valence-electron chi connectivity index (χ0n) is 15.7. The Morgan fingerprint density at radius 2 is 1.83 bits per heavy atom. The molecule has 30 heavy (non-hydrogen) atoms. The fraction of sp³-hybridized carbons (Fsp3) is 0.200. The fourth-order valence-electron chi connectivity index (χ4n) is 2.64. The van der Waals surface area contributed by atoms with Crippen molar-refractivity contribution in [1.29, 1.82) is 0 Å². The van der Waals surface area contributed by atoms with Gasteiger partial charge in [-0.3, -0.25) is 19.0 Å². The van der Waals surface area contributed by atoms with Gasteiger partial charge in [-0.15, -0.1) is 0 Å². The van der Waals surface area contributed by atoms with Gasteiger partial charge < -0.3 is 10.1 Å². The molecule has 0 aliphatic rings. The number of halogens is 3. The minimum Gasteiger partial charge on any atom is -0.452 e. The number of rotatable bonds is 6. The molecule has 0 spiro atoms. The summed E-state index contributed by atoms with van der Waals surface area (Å²) in [6.07, 6.45) is 0.181. The van der Waals surface area contributed by atoms with Crippen LogP contribution in [-0.2, 0) is 20.9 Å². The number of hydrogen-bond donors (Lipinski definition) is 1. The van der Waals surface area contributed by atoms with Crippen LogP contribution in [0.15, 0.2) is 47.5 Å². The van der Waals surface area contributed by atoms with Gasteiger partial charge in [0.05, 0.1) is 44.4 Å². The first-order chi connectivity index (χ1) is 14.3. The minimum atomic E-state index is -1.09. The van der Waals surface area contributed by atoms with Gasteiger partial charge in [-0.25, -0.2) is 4.98 Å². The number of benzene rings is 2. The van der Waals surface area contributed by atoms with Gasteiger partial charge in [0, 0.05) is 6.54 Å². The summed E-state index contributed by atoms with van der Waals surface area (Å²) in [6, 6.07) is 9.72. The Morgan fingerprint density at radius 1 is 1.13 bits per heavy atom. The zero-order chi connectivity index (χ0) is 21.8. The maximum Gasteiger partial charge on any atom is 0.308 e. The van der Waals surface area contributed by atoms with E-state index in [2.05, 4.69) is 10.3 Å². The molecule has 7 nitrogen and oxygen atoms in total. The number of para-hydroxylation sites is 1. The number of ether oxygens (including phenoxy) is 1. The zero-order valence-corrected chi connectivity index (χ0v) is 18.0. The molecule has 10 heteroatoms. The summed E-state index contributed by atoms with van der Waals surface area (Å²) in [5, 5.41) is 3.65. The van der Waals surface area contributed by atoms with E-state index in [1.54, 1.807) is 24.3 Å². The van der Waals surface area contributed by atoms with Crippen LogP contribution in [0.2, 0.25) is 15.1 Å². The maximum absolute atomic E-state index is 12.4. The van der Waals surface area contributed by atoms with Crippen molar-refractivity contribution >= 4 is 63.3 Å². The lowest BCUT2D eigenvalue weighted by Gasteiger charge is -2.15. The minimum absolute atomic E-state index is 0.0719. The lowest BCUT2D eigenvalue weighted by Crippen LogP contribution is -2.31. The largest absolute Gasteiger partial charge is 0.452 e. The molecule has 1 heterocycles. The number of anilines is 1. The number of nitrogens with zero attached hydrogens (tertiary/aromatic N) is 2. The standard InChI is InChI=1S/C20H16Cl3N3O4/c1-11(19(28)25-17-9-14(22)13(21)8-15(17)23)30-18(27)6-7-26-10-24-16-5-3-2-4-12(16)20(26)29/h2-5,8-11H,6-7H2,1H3,(H,25,28). The summed E-state index contributed by atoms with van der Waals surface area (Å²) >= 11 is 17.8. The third-order valence-electron chi connectivity index (χ3n) is 4.23. The van der Waals surface area contributed by atoms with Crippen molar-refractivity contribution in [1.82, 2.24) is 9.55 Å². The summed E-state index contributed by atoms with van der Waals surface area (Å²) in [5.74, 6) is -1.23. The highest BCUT2D eigenvalue weighted by atomic mass is 35.5. The van der Waals surface area contributed by atoms with E-state index in [0.29, 0.717) is 10.9 Å². The van der Waals surface area contributed by atoms with Gasteiger partial charge in [0.15, 0.2) is 6.10 Å². The van der Waals surface area contributed by atoms with E-state index >= 15 is 0 Å². The Morgan fingerprint density at radius 3 is 2.60 bits per heavy atom. The second-order valence-corrected chi connectivity index (χ2v) is 7.60. The van der Waals surface area contributed by atoms with Gasteiger partial charge in [-0.2, -0.15) is 0 Å². The number of nitrogens with one attached hydrogen (secondary N) is 1. The Kier molecular flexibility index (Phi) is 6.97. The van der Waals surface area contributed by atoms with E-state index in [1.165, 1.54) is 30.0 Å². The van der Waals surface area contributed by atoms with Crippen LogP contribution in [0.1, 0.15) is 13.3 Å². The summed E-state index contributed by atoms with van der Waals surface area (Å²) in [6.45, 7) is 1.49. The number of fused-ring (bicyclic) bond motifs is 1. The average molecular weight is 469 g/mol. The van der Waals surface area contributed by atoms with Crippen LogP contribution in [0.4, 0.5) is 5.69 Å². The molecular formula is C20H16Cl3N3O4. The molecule has 1 amide bonds. The summed E-state index contributed by atoms with van der Waals surface area (Å²) in [5.41, 5.74) is 0.564. The van der Waals surface area contributed by atoms with Crippen LogP contribution in [0.25, 0.3) is 10.9 Å². The van der Waals surface area contributed by atoms with E-state index in [-0.39, 0.29) is 39.3 Å². The molecule has 0 saturated carbocycles. The Labute approximate surface area is 186 Å². The van der Waals surface area contributed by atoms with Crippen LogP contribution in [-0.4, -0.2) is 27.5 Å². The lowest BCUT2D eigenvalue weighted by atomic mass is 10.2. The van der Waals surface area contributed by atoms with Crippen molar-refractivity contribution in [3.8, 4) is 0 Å². The van der Waals surface area contributed by atoms with E-state index < -0.39 is 18.0 Å². The summed E-state index contributed by atoms with van der Waals surface area (Å²) in [7, 11) is 0. The smallest absolute Gasteiger partial charge is 0.308 e. The molecule has 156 valence electrons. The number of amides is 1. The average Bonchev–Trinajstić information content (AvgIpc) is 2.71. The van der Waals surface area contributed by atoms with Gasteiger partial charge in [0.25, 0.3) is 11.5 Å². The first-order valence-corrected chi connectivity index (χ1v) is 9.98. The molecule has 0 aliphatic carbocycles. The SMILES string of the molecule is CC(OC(=O)CCn1cnc2ccccc2c1=O)C(=O)Nc1cc(Cl)c(Cl)cc1Cl. The molecule has 3 aromatic rings. The summed E-state index contributed by atoms with van der Waals surface area (Å²) in [4.78, 5) is 41.0. The number of carbonyl (C=O) groups excluding carboxylic acids is 2. The normalized spacial score (nSPS) is 11.9. The van der Waals surface area contributed by atoms with Crippen LogP contribution >= 0.6 is 34.8 Å². The third kappa shape index (κ3) is 5.11. The lowest BCUT2D eigenvalue weighted by molar-refractivity contribution is -0.153. The Bertz CT molecular complexity index is 1180. The predicted molar refractivity (Wildman–Crippen MR) is 116 cm³/mol. The van der Waals surface area contributed by atoms with Gasteiger partial charge in [-0.05, 0) is 31.2 Å². The molecule has 3 rings (SSSR count). The fourth-order valence-corrected chi connectivity index (χ4v) is 3.23. The van der Waals surface area contributed by atoms with E-state index in [4.69, 9.17) is 39.5 Å². The van der Waals surface area contributed by atoms with Crippen molar-refractivity contribution in [3.63, 3.8) is 0 Å². The number of hydrogen-bond acceptors (Lipinski definition) is 5. The van der Waals surface area contributed by atoms with Crippen molar-refractivity contribution in [2.24, 2.45) is 0 Å². The van der Waals surface area contributed by atoms with E-state index in [9.17, 15) is 14.4 Å². The van der Waals surface area contributed by atoms with Crippen LogP contribution in [0.5, 0.6) is 0 Å². The second-order valence-electron chi connectivity index (χ2n) is 6.38. The maximum atomic E-state index is 12.4. The quantitative estimate of drug-likeness (QED) is 0.430. The molecule has 1 aromatic heterocycles. The van der Waals surface area contributed by atoms with Crippen LogP contribution in [0.3, 0.4) is 0 Å². The molecule has 0 bridgehead atoms. The molecule has 0 saturated heterocycles. The molecule has 0 radical (unpaired) electrons. The predicted octanol–water partition coefficient (Wildman–Crippen LogP) is 4.32. The summed E-state index contributed by atoms with van der Waals surface area (Å²) < 4.78 is 6.46. The molecule has 2 aromatic carbocycles. The van der Waals surface area contributed by atoms with Crippen molar-refractivity contribution in [3.05, 3.63) is 68.1 Å². The highest BCUT2D eigenvalue weighted by Gasteiger charge is 2.19. The van der Waals surface area contributed by atoms with Crippen LogP contribution in [0, 0.1) is 0 Å². The van der Waals surface area contributed by atoms with Crippen molar-refractivity contribution < 1.29 is 14.3 Å². The number of esters is 1. The first-order valence-electron chi connectivity index (χ1n) is 8.85. The van der Waals surface area contributed by atoms with Gasteiger partial charge in [0.1, 0.15) is 0 Å². The van der Waals surface area contributed by atoms with E-state index in [0.717, 1.165) is 0 Å². The first kappa shape index (κ1) is 22.1. The highest BCUT2D eigenvalue weighted by Crippen LogP contribution is 2.32. The van der Waals surface area contributed by atoms with Gasteiger partial charge >= 0.3 is 5.97 Å².